The molecule has 0 atom stereocenters. The van der Waals surface area contributed by atoms with Crippen molar-refractivity contribution in [3.8, 4) is 11.5 Å². The van der Waals surface area contributed by atoms with E-state index in [9.17, 15) is 20.3 Å². The summed E-state index contributed by atoms with van der Waals surface area (Å²) in [6, 6.07) is 8.47. The van der Waals surface area contributed by atoms with Gasteiger partial charge in [-0.3, -0.25) is 10.1 Å². The number of anilines is 1. The molecule has 2 rings (SSSR count). The van der Waals surface area contributed by atoms with Gasteiger partial charge in [0, 0.05) is 17.1 Å². The van der Waals surface area contributed by atoms with Crippen LogP contribution in [0, 0.1) is 10.1 Å². The maximum Gasteiger partial charge on any atom is 0.296 e. The van der Waals surface area contributed by atoms with E-state index in [-0.39, 0.29) is 29.4 Å². The normalized spacial score (nSPS) is 10.2. The van der Waals surface area contributed by atoms with E-state index in [1.165, 1.54) is 18.2 Å². The number of benzene rings is 2. The van der Waals surface area contributed by atoms with Crippen LogP contribution in [0.3, 0.4) is 0 Å². The number of nitro groups is 1. The Kier molecular flexibility index (Phi) is 3.95. The van der Waals surface area contributed by atoms with E-state index in [1.807, 2.05) is 0 Å². The molecule has 0 saturated heterocycles. The van der Waals surface area contributed by atoms with Gasteiger partial charge in [0.05, 0.1) is 11.0 Å². The molecule has 0 amide bonds. The van der Waals surface area contributed by atoms with Gasteiger partial charge in [-0.1, -0.05) is 17.7 Å². The lowest BCUT2D eigenvalue weighted by atomic mass is 10.2. The highest BCUT2D eigenvalue weighted by atomic mass is 35.5. The van der Waals surface area contributed by atoms with Crippen LogP contribution in [0.4, 0.5) is 11.4 Å². The van der Waals surface area contributed by atoms with Crippen LogP contribution in [0.1, 0.15) is 5.56 Å². The minimum Gasteiger partial charge on any atom is -0.508 e. The number of hydrogen-bond donors (Lipinski definition) is 3. The van der Waals surface area contributed by atoms with Crippen LogP contribution in [0.15, 0.2) is 36.4 Å². The van der Waals surface area contributed by atoms with Gasteiger partial charge < -0.3 is 15.5 Å². The Labute approximate surface area is 119 Å². The third-order valence-electron chi connectivity index (χ3n) is 2.73. The molecule has 20 heavy (non-hydrogen) atoms. The number of phenolic OH excluding ortho intramolecular Hbond substituents is 2. The molecule has 104 valence electrons. The fraction of sp³-hybridized carbons (Fsp3) is 0.0769. The topological polar surface area (TPSA) is 95.6 Å². The molecule has 2 aromatic rings. The lowest BCUT2D eigenvalue weighted by Crippen LogP contribution is -2.03. The average molecular weight is 295 g/mol. The molecule has 2 aromatic carbocycles. The van der Waals surface area contributed by atoms with Crippen molar-refractivity contribution in [1.82, 2.24) is 0 Å². The van der Waals surface area contributed by atoms with Crippen molar-refractivity contribution < 1.29 is 15.1 Å². The quantitative estimate of drug-likeness (QED) is 0.457. The van der Waals surface area contributed by atoms with Gasteiger partial charge >= 0.3 is 0 Å². The van der Waals surface area contributed by atoms with Gasteiger partial charge in [0.15, 0.2) is 0 Å². The van der Waals surface area contributed by atoms with Crippen LogP contribution >= 0.6 is 11.6 Å². The Morgan fingerprint density at radius 3 is 2.65 bits per heavy atom. The summed E-state index contributed by atoms with van der Waals surface area (Å²) in [6.07, 6.45) is 0. The second-order valence-corrected chi connectivity index (χ2v) is 4.46. The maximum atomic E-state index is 10.9. The highest BCUT2D eigenvalue weighted by Crippen LogP contribution is 2.31. The Balaban J connectivity index is 2.25. The zero-order chi connectivity index (χ0) is 14.7. The van der Waals surface area contributed by atoms with Crippen LogP contribution < -0.4 is 5.32 Å². The smallest absolute Gasteiger partial charge is 0.296 e. The summed E-state index contributed by atoms with van der Waals surface area (Å²) in [5.74, 6) is -0.186. The largest absolute Gasteiger partial charge is 0.508 e. The number of aromatic hydroxyl groups is 2. The van der Waals surface area contributed by atoms with Gasteiger partial charge in [-0.15, -0.1) is 0 Å². The summed E-state index contributed by atoms with van der Waals surface area (Å²) >= 11 is 5.95. The number of nitro benzene ring substituents is 1. The molecular formula is C13H11ClN2O4. The van der Waals surface area contributed by atoms with Gasteiger partial charge in [-0.2, -0.15) is 0 Å². The third-order valence-corrected chi connectivity index (χ3v) is 3.08. The Hall–Kier alpha value is -2.47. The van der Waals surface area contributed by atoms with Crippen LogP contribution in [-0.2, 0) is 6.54 Å². The predicted octanol–water partition coefficient (Wildman–Crippen LogP) is 3.27. The molecule has 0 bridgehead atoms. The van der Waals surface area contributed by atoms with Crippen molar-refractivity contribution in [2.45, 2.75) is 6.54 Å². The summed E-state index contributed by atoms with van der Waals surface area (Å²) in [4.78, 5) is 10.3. The van der Waals surface area contributed by atoms with Crippen molar-refractivity contribution in [2.24, 2.45) is 0 Å². The van der Waals surface area contributed by atoms with Crippen LogP contribution in [0.5, 0.6) is 11.5 Å². The molecule has 0 aliphatic carbocycles. The fourth-order valence-electron chi connectivity index (χ4n) is 1.73. The second-order valence-electron chi connectivity index (χ2n) is 4.05. The van der Waals surface area contributed by atoms with E-state index in [0.29, 0.717) is 10.6 Å². The molecular weight excluding hydrogens is 284 g/mol. The highest BCUT2D eigenvalue weighted by molar-refractivity contribution is 6.31. The van der Waals surface area contributed by atoms with E-state index in [1.54, 1.807) is 12.1 Å². The van der Waals surface area contributed by atoms with E-state index in [2.05, 4.69) is 5.32 Å². The first kappa shape index (κ1) is 14.0. The molecule has 0 fully saturated rings. The van der Waals surface area contributed by atoms with Gasteiger partial charge in [-0.05, 0) is 24.3 Å². The molecule has 6 nitrogen and oxygen atoms in total. The van der Waals surface area contributed by atoms with Gasteiger partial charge in [0.2, 0.25) is 0 Å². The third kappa shape index (κ3) is 2.92. The van der Waals surface area contributed by atoms with Crippen molar-refractivity contribution in [1.29, 1.82) is 0 Å². The summed E-state index contributed by atoms with van der Waals surface area (Å²) in [5, 5.41) is 33.0. The fourth-order valence-corrected chi connectivity index (χ4v) is 1.96. The first-order chi connectivity index (χ1) is 9.49. The van der Waals surface area contributed by atoms with Crippen LogP contribution in [-0.4, -0.2) is 15.1 Å². The molecule has 0 aromatic heterocycles. The molecule has 3 N–H and O–H groups in total. The Morgan fingerprint density at radius 2 is 2.00 bits per heavy atom. The van der Waals surface area contributed by atoms with Gasteiger partial charge in [-0.25, -0.2) is 0 Å². The van der Waals surface area contributed by atoms with E-state index >= 15 is 0 Å². The molecule has 7 heteroatoms. The van der Waals surface area contributed by atoms with Crippen LogP contribution in [0.2, 0.25) is 5.02 Å². The van der Waals surface area contributed by atoms with Crippen molar-refractivity contribution in [3.05, 3.63) is 57.1 Å². The lowest BCUT2D eigenvalue weighted by molar-refractivity contribution is -0.384. The lowest BCUT2D eigenvalue weighted by Gasteiger charge is -2.10. The number of rotatable bonds is 4. The summed E-state index contributed by atoms with van der Waals surface area (Å²) < 4.78 is 0. The molecule has 0 heterocycles. The van der Waals surface area contributed by atoms with E-state index in [0.717, 1.165) is 6.07 Å². The molecule has 0 saturated carbocycles. The number of nitrogens with zero attached hydrogens (tertiary/aromatic N) is 1. The molecule has 0 radical (unpaired) electrons. The first-order valence-electron chi connectivity index (χ1n) is 5.66. The second kappa shape index (κ2) is 5.66. The maximum absolute atomic E-state index is 10.9. The van der Waals surface area contributed by atoms with E-state index < -0.39 is 4.92 Å². The Morgan fingerprint density at radius 1 is 1.25 bits per heavy atom. The van der Waals surface area contributed by atoms with Gasteiger partial charge in [0.1, 0.15) is 17.2 Å². The predicted molar refractivity (Wildman–Crippen MR) is 75.2 cm³/mol. The SMILES string of the molecule is O=[N+]([O-])c1cc(O)ccc1NCc1c(O)cccc1Cl. The monoisotopic (exact) mass is 294 g/mol. The van der Waals surface area contributed by atoms with Crippen LogP contribution in [0.25, 0.3) is 0 Å². The Bertz CT molecular complexity index is 641. The highest BCUT2D eigenvalue weighted by Gasteiger charge is 2.15. The summed E-state index contributed by atoms with van der Waals surface area (Å²) in [7, 11) is 0. The van der Waals surface area contributed by atoms with Gasteiger partial charge in [0.25, 0.3) is 5.69 Å². The summed E-state index contributed by atoms with van der Waals surface area (Å²) in [6.45, 7) is 0.122. The summed E-state index contributed by atoms with van der Waals surface area (Å²) in [5.41, 5.74) is 0.417. The van der Waals surface area contributed by atoms with E-state index in [4.69, 9.17) is 11.6 Å². The van der Waals surface area contributed by atoms with Crippen molar-refractivity contribution >= 4 is 23.0 Å². The first-order valence-corrected chi connectivity index (χ1v) is 6.04. The molecule has 0 aliphatic rings. The molecule has 0 spiro atoms. The zero-order valence-corrected chi connectivity index (χ0v) is 11.0. The number of phenols is 2. The average Bonchev–Trinajstić information content (AvgIpc) is 2.39. The minimum atomic E-state index is -0.603. The van der Waals surface area contributed by atoms with Crippen molar-refractivity contribution in [2.75, 3.05) is 5.32 Å². The number of halogens is 1. The minimum absolute atomic E-state index is 0.00596. The standard InChI is InChI=1S/C13H11ClN2O4/c14-10-2-1-3-13(18)9(10)7-15-11-5-4-8(17)6-12(11)16(19)20/h1-6,15,17-18H,7H2. The van der Waals surface area contributed by atoms with Crippen molar-refractivity contribution in [3.63, 3.8) is 0 Å². The molecule has 0 unspecified atom stereocenters. The number of nitrogens with one attached hydrogen (secondary N) is 1. The molecule has 0 aliphatic heterocycles. The number of hydrogen-bond acceptors (Lipinski definition) is 5. The zero-order valence-electron chi connectivity index (χ0n) is 10.2.